The molecule has 1 amide bonds. The summed E-state index contributed by atoms with van der Waals surface area (Å²) in [6.45, 7) is 3.74. The van der Waals surface area contributed by atoms with Gasteiger partial charge in [0, 0.05) is 41.7 Å². The van der Waals surface area contributed by atoms with Crippen molar-refractivity contribution >= 4 is 41.9 Å². The zero-order valence-electron chi connectivity index (χ0n) is 24.4. The number of aromatic nitrogens is 1. The third-order valence-electron chi connectivity index (χ3n) is 6.56. The van der Waals surface area contributed by atoms with E-state index in [0.29, 0.717) is 17.8 Å². The maximum absolute atomic E-state index is 13.5. The highest BCUT2D eigenvalue weighted by Crippen LogP contribution is 2.21. The number of nitrogens with zero attached hydrogens (tertiary/aromatic N) is 2. The van der Waals surface area contributed by atoms with Gasteiger partial charge in [-0.05, 0) is 50.1 Å². The number of thiol groups is 1. The van der Waals surface area contributed by atoms with Crippen LogP contribution in [0.4, 0.5) is 5.69 Å². The number of Topliss-reactive ketones (excluding diaryl/α,β-unsaturated/α-hetero) is 1. The summed E-state index contributed by atoms with van der Waals surface area (Å²) in [7, 11) is 0. The summed E-state index contributed by atoms with van der Waals surface area (Å²) in [5, 5.41) is 3.26. The van der Waals surface area contributed by atoms with Crippen molar-refractivity contribution in [2.45, 2.75) is 45.3 Å². The second-order valence-electron chi connectivity index (χ2n) is 9.62. The van der Waals surface area contributed by atoms with Gasteiger partial charge in [0.15, 0.2) is 5.78 Å². The maximum Gasteiger partial charge on any atom is 0.326 e. The largest absolute Gasteiger partial charge is 0.465 e. The van der Waals surface area contributed by atoms with Crippen molar-refractivity contribution in [2.24, 2.45) is 5.73 Å². The second-order valence-corrected chi connectivity index (χ2v) is 9.99. The molecule has 1 aromatic heterocycles. The van der Waals surface area contributed by atoms with Gasteiger partial charge in [-0.3, -0.25) is 24.2 Å². The van der Waals surface area contributed by atoms with E-state index < -0.39 is 29.9 Å². The molecule has 0 spiro atoms. The first kappa shape index (κ1) is 33.4. The Kier molecular flexibility index (Phi) is 13.3. The van der Waals surface area contributed by atoms with Crippen LogP contribution in [0.5, 0.6) is 0 Å². The van der Waals surface area contributed by atoms with Crippen LogP contribution in [0.3, 0.4) is 0 Å². The van der Waals surface area contributed by atoms with Crippen LogP contribution in [0.15, 0.2) is 72.9 Å². The van der Waals surface area contributed by atoms with Crippen molar-refractivity contribution in [2.75, 3.05) is 30.4 Å². The molecule has 3 rings (SSSR count). The molecule has 0 aliphatic rings. The fourth-order valence-corrected chi connectivity index (χ4v) is 4.57. The average Bonchev–Trinajstić information content (AvgIpc) is 3.03. The maximum atomic E-state index is 13.5. The highest BCUT2D eigenvalue weighted by molar-refractivity contribution is 7.80. The first-order chi connectivity index (χ1) is 20.8. The lowest BCUT2D eigenvalue weighted by Crippen LogP contribution is -2.39. The summed E-state index contributed by atoms with van der Waals surface area (Å²) < 4.78 is 9.97. The van der Waals surface area contributed by atoms with Gasteiger partial charge in [-0.2, -0.15) is 12.6 Å². The Morgan fingerprint density at radius 2 is 1.72 bits per heavy atom. The predicted molar refractivity (Wildman–Crippen MR) is 168 cm³/mol. The number of carbonyl (C=O) groups is 4. The Morgan fingerprint density at radius 3 is 2.37 bits per heavy atom. The van der Waals surface area contributed by atoms with E-state index in [0.717, 1.165) is 16.8 Å². The Morgan fingerprint density at radius 1 is 0.977 bits per heavy atom. The molecular weight excluding hydrogens is 568 g/mol. The van der Waals surface area contributed by atoms with E-state index in [1.165, 1.54) is 4.90 Å². The molecule has 11 heteroatoms. The van der Waals surface area contributed by atoms with Gasteiger partial charge >= 0.3 is 11.9 Å². The van der Waals surface area contributed by atoms with E-state index in [4.69, 9.17) is 15.2 Å². The molecule has 0 aliphatic heterocycles. The van der Waals surface area contributed by atoms with Crippen LogP contribution >= 0.6 is 12.6 Å². The molecule has 43 heavy (non-hydrogen) atoms. The van der Waals surface area contributed by atoms with Crippen molar-refractivity contribution < 1.29 is 28.7 Å². The van der Waals surface area contributed by atoms with E-state index in [9.17, 15) is 19.2 Å². The molecule has 0 saturated carbocycles. The second kappa shape index (κ2) is 17.2. The predicted octanol–water partition coefficient (Wildman–Crippen LogP) is 3.59. The van der Waals surface area contributed by atoms with Gasteiger partial charge in [0.05, 0.1) is 24.9 Å². The molecule has 3 N–H and O–H groups in total. The number of anilines is 1. The number of hydrogen-bond donors (Lipinski definition) is 3. The van der Waals surface area contributed by atoms with Gasteiger partial charge in [-0.15, -0.1) is 0 Å². The molecular formula is C32H38N4O6S. The number of ketones is 1. The smallest absolute Gasteiger partial charge is 0.326 e. The van der Waals surface area contributed by atoms with Crippen molar-refractivity contribution in [3.05, 3.63) is 84.1 Å². The van der Waals surface area contributed by atoms with Crippen LogP contribution in [0.25, 0.3) is 11.3 Å². The number of rotatable bonds is 16. The summed E-state index contributed by atoms with van der Waals surface area (Å²) in [6, 6.07) is 18.6. The third kappa shape index (κ3) is 10.0. The van der Waals surface area contributed by atoms with Gasteiger partial charge in [0.25, 0.3) is 0 Å². The van der Waals surface area contributed by atoms with Crippen LogP contribution in [-0.2, 0) is 30.4 Å². The highest BCUT2D eigenvalue weighted by atomic mass is 32.1. The van der Waals surface area contributed by atoms with Crippen LogP contribution in [0, 0.1) is 0 Å². The minimum absolute atomic E-state index is 0.0318. The Balaban J connectivity index is 1.71. The van der Waals surface area contributed by atoms with Gasteiger partial charge in [0.2, 0.25) is 5.91 Å². The molecule has 0 unspecified atom stereocenters. The summed E-state index contributed by atoms with van der Waals surface area (Å²) in [6.07, 6.45) is 1.66. The van der Waals surface area contributed by atoms with Gasteiger partial charge < -0.3 is 25.4 Å². The molecule has 2 aromatic carbocycles. The van der Waals surface area contributed by atoms with Gasteiger partial charge in [0.1, 0.15) is 12.6 Å². The lowest BCUT2D eigenvalue weighted by Gasteiger charge is -2.23. The summed E-state index contributed by atoms with van der Waals surface area (Å²) in [5.74, 6) is -1.63. The minimum atomic E-state index is -0.977. The zero-order valence-corrected chi connectivity index (χ0v) is 25.3. The Labute approximate surface area is 257 Å². The lowest BCUT2D eigenvalue weighted by atomic mass is 10.0. The summed E-state index contributed by atoms with van der Waals surface area (Å²) >= 11 is 4.39. The monoisotopic (exact) mass is 606 g/mol. The van der Waals surface area contributed by atoms with Crippen LogP contribution in [-0.4, -0.2) is 66.2 Å². The number of hydrogen-bond acceptors (Lipinski definition) is 10. The van der Waals surface area contributed by atoms with E-state index in [2.05, 4.69) is 22.9 Å². The molecule has 0 radical (unpaired) electrons. The first-order valence-corrected chi connectivity index (χ1v) is 14.8. The molecule has 0 fully saturated rings. The highest BCUT2D eigenvalue weighted by Gasteiger charge is 2.25. The first-order valence-electron chi connectivity index (χ1n) is 14.1. The van der Waals surface area contributed by atoms with E-state index >= 15 is 0 Å². The number of benzene rings is 2. The average molecular weight is 607 g/mol. The summed E-state index contributed by atoms with van der Waals surface area (Å²) in [4.78, 5) is 56.5. The number of nitrogens with one attached hydrogen (secondary N) is 1. The molecule has 1 heterocycles. The van der Waals surface area contributed by atoms with Gasteiger partial charge in [-0.25, -0.2) is 0 Å². The lowest BCUT2D eigenvalue weighted by molar-refractivity contribution is -0.145. The van der Waals surface area contributed by atoms with Crippen LogP contribution in [0.1, 0.15) is 42.6 Å². The number of nitrogens with two attached hydrogens (primary N) is 1. The topological polar surface area (TPSA) is 141 Å². The Hall–Kier alpha value is -4.06. The molecule has 3 aromatic rings. The molecule has 0 bridgehead atoms. The van der Waals surface area contributed by atoms with Gasteiger partial charge in [-0.1, -0.05) is 42.5 Å². The van der Waals surface area contributed by atoms with E-state index in [-0.39, 0.29) is 44.1 Å². The van der Waals surface area contributed by atoms with Crippen LogP contribution in [0.2, 0.25) is 0 Å². The SMILES string of the molecule is CCOC(=O)CN(C(=O)CC[C@H](N)C(=O)OCC)c1cccc(C(=O)[C@H](CS)NCc2ccc(-c3ccccn3)cc2)c1. The number of pyridine rings is 1. The zero-order chi connectivity index (χ0) is 31.2. The number of esters is 2. The molecule has 10 nitrogen and oxygen atoms in total. The van der Waals surface area contributed by atoms with Crippen molar-refractivity contribution in [3.8, 4) is 11.3 Å². The molecule has 228 valence electrons. The summed E-state index contributed by atoms with van der Waals surface area (Å²) in [5.41, 5.74) is 9.41. The quantitative estimate of drug-likeness (QED) is 0.127. The minimum Gasteiger partial charge on any atom is -0.465 e. The van der Waals surface area contributed by atoms with Crippen molar-refractivity contribution in [1.29, 1.82) is 0 Å². The van der Waals surface area contributed by atoms with E-state index in [1.807, 2.05) is 42.5 Å². The van der Waals surface area contributed by atoms with Crippen molar-refractivity contribution in [3.63, 3.8) is 0 Å². The molecule has 0 saturated heterocycles. The fourth-order valence-electron chi connectivity index (χ4n) is 4.28. The molecule has 2 atom stereocenters. The third-order valence-corrected chi connectivity index (χ3v) is 6.93. The van der Waals surface area contributed by atoms with E-state index in [1.54, 1.807) is 44.3 Å². The fraction of sp³-hybridized carbons (Fsp3) is 0.344. The number of ether oxygens (including phenoxy) is 2. The Bertz CT molecular complexity index is 1370. The van der Waals surface area contributed by atoms with Crippen molar-refractivity contribution in [1.82, 2.24) is 10.3 Å². The van der Waals surface area contributed by atoms with Crippen LogP contribution < -0.4 is 16.0 Å². The normalized spacial score (nSPS) is 12.2. The number of amides is 1. The number of carbonyl (C=O) groups excluding carboxylic acids is 4. The standard InChI is InChI=1S/C32H38N4O6S/c1-3-41-30(38)20-36(29(37)16-15-26(33)32(40)42-4-2)25-9-7-8-24(18-25)31(39)28(21-43)35-19-22-11-13-23(14-12-22)27-10-5-6-17-34-27/h5-14,17-18,26,28,35,43H,3-4,15-16,19-21,33H2,1-2H3/t26-,28-/m0/s1. The molecule has 0 aliphatic carbocycles.